The molecule has 0 aliphatic rings. The molecular weight excluding hydrogens is 499 g/mol. The predicted molar refractivity (Wildman–Crippen MR) is 101 cm³/mol. The Morgan fingerprint density at radius 1 is 1.36 bits per heavy atom. The van der Waals surface area contributed by atoms with Gasteiger partial charge in [-0.3, -0.25) is 4.79 Å². The maximum Gasteiger partial charge on any atom is 0.194 e. The molecule has 2 rings (SSSR count). The molecule has 0 spiro atoms. The Balaban J connectivity index is 2.31. The van der Waals surface area contributed by atoms with Gasteiger partial charge < -0.3 is 4.74 Å². The summed E-state index contributed by atoms with van der Waals surface area (Å²) in [6, 6.07) is 10.6. The Labute approximate surface area is 161 Å². The minimum atomic E-state index is -0.217. The van der Waals surface area contributed by atoms with E-state index >= 15 is 0 Å². The standard InChI is InChI=1S/C16H12Br3ClO2/c1-22-15-7-14(20)11(6-12(15)18)16(21)10-4-2-9(3-5-10)13(19)8-17/h2-7,13H,8H2,1H3/i1D. The second-order valence-electron chi connectivity index (χ2n) is 4.48. The molecule has 0 aromatic heterocycles. The number of rotatable bonds is 5. The van der Waals surface area contributed by atoms with Crippen LogP contribution in [0.25, 0.3) is 0 Å². The number of hydrogen-bond acceptors (Lipinski definition) is 2. The number of alkyl halides is 2. The molecule has 0 aliphatic heterocycles. The largest absolute Gasteiger partial charge is 0.496 e. The number of benzene rings is 2. The molecule has 0 saturated heterocycles. The zero-order valence-corrected chi connectivity index (χ0v) is 16.8. The van der Waals surface area contributed by atoms with Crippen molar-refractivity contribution < 1.29 is 10.9 Å². The quantitative estimate of drug-likeness (QED) is 0.354. The van der Waals surface area contributed by atoms with Crippen molar-refractivity contribution in [2.45, 2.75) is 4.83 Å². The molecule has 0 aliphatic carbocycles. The van der Waals surface area contributed by atoms with Gasteiger partial charge in [0.05, 0.1) is 18.0 Å². The average Bonchev–Trinajstić information content (AvgIpc) is 2.57. The maximum atomic E-state index is 12.6. The third kappa shape index (κ3) is 3.94. The van der Waals surface area contributed by atoms with Gasteiger partial charge in [0, 0.05) is 27.4 Å². The van der Waals surface area contributed by atoms with E-state index in [1.807, 2.05) is 12.1 Å². The smallest absolute Gasteiger partial charge is 0.194 e. The van der Waals surface area contributed by atoms with Crippen LogP contribution in [0.15, 0.2) is 40.9 Å². The fraction of sp³-hybridized carbons (Fsp3) is 0.188. The van der Waals surface area contributed by atoms with Crippen molar-refractivity contribution in [1.82, 2.24) is 0 Å². The molecule has 0 fully saturated rings. The summed E-state index contributed by atoms with van der Waals surface area (Å²) in [5.74, 6) is 0.279. The molecule has 0 heterocycles. The SMILES string of the molecule is [2H]COc1cc(Cl)c(C(=O)c2ccc(C(Br)CBr)cc2)cc1Br. The van der Waals surface area contributed by atoms with Crippen LogP contribution in [0.5, 0.6) is 5.75 Å². The summed E-state index contributed by atoms with van der Waals surface area (Å²) in [5.41, 5.74) is 2.04. The fourth-order valence-corrected chi connectivity index (χ4v) is 3.28. The molecule has 1 atom stereocenters. The van der Waals surface area contributed by atoms with E-state index < -0.39 is 0 Å². The molecule has 6 heteroatoms. The highest BCUT2D eigenvalue weighted by molar-refractivity contribution is 9.12. The summed E-state index contributed by atoms with van der Waals surface area (Å²) in [6.07, 6.45) is 0. The molecule has 116 valence electrons. The molecule has 0 saturated carbocycles. The monoisotopic (exact) mass is 509 g/mol. The van der Waals surface area contributed by atoms with Gasteiger partial charge in [0.1, 0.15) is 5.75 Å². The lowest BCUT2D eigenvalue weighted by molar-refractivity contribution is 0.103. The van der Waals surface area contributed by atoms with Crippen LogP contribution < -0.4 is 4.74 Å². The Hall–Kier alpha value is -0.360. The third-order valence-electron chi connectivity index (χ3n) is 3.09. The second-order valence-corrected chi connectivity index (χ2v) is 7.49. The number of ketones is 1. The molecule has 0 bridgehead atoms. The van der Waals surface area contributed by atoms with E-state index in [0.717, 1.165) is 10.9 Å². The number of carbonyl (C=O) groups is 1. The molecule has 0 radical (unpaired) electrons. The van der Waals surface area contributed by atoms with E-state index in [4.69, 9.17) is 17.7 Å². The number of hydrogen-bond donors (Lipinski definition) is 0. The maximum absolute atomic E-state index is 12.6. The van der Waals surface area contributed by atoms with Gasteiger partial charge in [0.2, 0.25) is 0 Å². The molecule has 2 nitrogen and oxygen atoms in total. The van der Waals surface area contributed by atoms with Gasteiger partial charge in [0.25, 0.3) is 0 Å². The van der Waals surface area contributed by atoms with Crippen LogP contribution >= 0.6 is 59.4 Å². The molecule has 0 amide bonds. The number of methoxy groups -OCH3 is 1. The molecule has 1 unspecified atom stereocenters. The van der Waals surface area contributed by atoms with Crippen LogP contribution in [0.1, 0.15) is 27.7 Å². The van der Waals surface area contributed by atoms with Crippen molar-refractivity contribution in [1.29, 1.82) is 0 Å². The van der Waals surface area contributed by atoms with E-state index in [9.17, 15) is 4.79 Å². The van der Waals surface area contributed by atoms with Crippen molar-refractivity contribution >= 4 is 65.2 Å². The Morgan fingerprint density at radius 2 is 2.05 bits per heavy atom. The summed E-state index contributed by atoms with van der Waals surface area (Å²) in [7, 11) is -0.217. The lowest BCUT2D eigenvalue weighted by Gasteiger charge is -2.10. The van der Waals surface area contributed by atoms with Crippen LogP contribution in [0.3, 0.4) is 0 Å². The van der Waals surface area contributed by atoms with E-state index in [1.54, 1.807) is 24.3 Å². The van der Waals surface area contributed by atoms with Crippen molar-refractivity contribution in [2.24, 2.45) is 0 Å². The van der Waals surface area contributed by atoms with E-state index in [2.05, 4.69) is 47.8 Å². The predicted octanol–water partition coefficient (Wildman–Crippen LogP) is 6.17. The van der Waals surface area contributed by atoms with Gasteiger partial charge in [-0.05, 0) is 27.6 Å². The van der Waals surface area contributed by atoms with E-state index in [0.29, 0.717) is 26.4 Å². The molecule has 0 N–H and O–H groups in total. The fourth-order valence-electron chi connectivity index (χ4n) is 1.90. The van der Waals surface area contributed by atoms with Gasteiger partial charge in [0.15, 0.2) is 5.78 Å². The molecule has 2 aromatic carbocycles. The lowest BCUT2D eigenvalue weighted by atomic mass is 10.0. The summed E-state index contributed by atoms with van der Waals surface area (Å²) < 4.78 is 12.8. The minimum Gasteiger partial charge on any atom is -0.496 e. The van der Waals surface area contributed by atoms with Gasteiger partial charge in [-0.1, -0.05) is 67.7 Å². The molecule has 2 aromatic rings. The zero-order chi connectivity index (χ0) is 17.0. The molecule has 22 heavy (non-hydrogen) atoms. The normalized spacial score (nSPS) is 12.6. The highest BCUT2D eigenvalue weighted by Gasteiger charge is 2.16. The number of carbonyl (C=O) groups excluding carboxylic acids is 1. The summed E-state index contributed by atoms with van der Waals surface area (Å²) in [6.45, 7) is 0. The van der Waals surface area contributed by atoms with E-state index in [1.165, 1.54) is 0 Å². The van der Waals surface area contributed by atoms with Crippen molar-refractivity contribution in [2.75, 3.05) is 12.4 Å². The Morgan fingerprint density at radius 3 is 2.64 bits per heavy atom. The number of halogens is 4. The van der Waals surface area contributed by atoms with Crippen molar-refractivity contribution in [3.63, 3.8) is 0 Å². The highest BCUT2D eigenvalue weighted by Crippen LogP contribution is 2.33. The minimum absolute atomic E-state index is 0.162. The molecular formula is C16H12Br3ClO2. The van der Waals surface area contributed by atoms with Gasteiger partial charge >= 0.3 is 0 Å². The van der Waals surface area contributed by atoms with Crippen LogP contribution in [-0.4, -0.2) is 18.2 Å². The number of ether oxygens (including phenoxy) is 1. The third-order valence-corrected chi connectivity index (χ3v) is 6.39. The Bertz CT molecular complexity index is 707. The highest BCUT2D eigenvalue weighted by atomic mass is 79.9. The van der Waals surface area contributed by atoms with Crippen LogP contribution in [0, 0.1) is 0 Å². The first kappa shape index (κ1) is 16.5. The summed E-state index contributed by atoms with van der Waals surface area (Å²) in [5, 5.41) is 1.08. The Kier molecular flexibility index (Phi) is 5.96. The van der Waals surface area contributed by atoms with Crippen LogP contribution in [0.4, 0.5) is 0 Å². The summed E-state index contributed by atoms with van der Waals surface area (Å²) in [4.78, 5) is 12.8. The van der Waals surface area contributed by atoms with Crippen molar-refractivity contribution in [3.8, 4) is 5.75 Å². The topological polar surface area (TPSA) is 26.3 Å². The van der Waals surface area contributed by atoms with Crippen LogP contribution in [-0.2, 0) is 0 Å². The first-order chi connectivity index (χ1) is 11.0. The van der Waals surface area contributed by atoms with Gasteiger partial charge in [-0.25, -0.2) is 0 Å². The average molecular weight is 512 g/mol. The van der Waals surface area contributed by atoms with Gasteiger partial charge in [-0.15, -0.1) is 0 Å². The lowest BCUT2D eigenvalue weighted by Crippen LogP contribution is -2.03. The second kappa shape index (κ2) is 7.95. The first-order valence-corrected chi connectivity index (χ1v) is 9.44. The zero-order valence-electron chi connectivity index (χ0n) is 12.3. The van der Waals surface area contributed by atoms with Crippen LogP contribution in [0.2, 0.25) is 5.02 Å². The van der Waals surface area contributed by atoms with Crippen molar-refractivity contribution in [3.05, 3.63) is 62.6 Å². The van der Waals surface area contributed by atoms with Gasteiger partial charge in [-0.2, -0.15) is 0 Å². The van der Waals surface area contributed by atoms with E-state index in [-0.39, 0.29) is 17.7 Å². The summed E-state index contributed by atoms with van der Waals surface area (Å²) >= 11 is 16.5. The first-order valence-electron chi connectivity index (χ1n) is 6.94.